The predicted octanol–water partition coefficient (Wildman–Crippen LogP) is 6.51. The minimum atomic E-state index is -8.07. The van der Waals surface area contributed by atoms with Crippen molar-refractivity contribution in [2.45, 2.75) is 48.4 Å². The average Bonchev–Trinajstić information content (AvgIpc) is 2.70. The number of carbonyl (C=O) groups is 1. The lowest BCUT2D eigenvalue weighted by molar-refractivity contribution is -0.548. The van der Waals surface area contributed by atoms with Gasteiger partial charge >= 0.3 is 48.4 Å². The maximum Gasteiger partial charge on any atom is 0.462 e. The number of nitrogens with one attached hydrogen (secondary N) is 1. The van der Waals surface area contributed by atoms with Crippen LogP contribution in [0.15, 0.2) is 24.3 Å². The SMILES string of the molecule is COc1ccc(NC(=O)[C@@](F)(OC(F)(F)[C@](F)(OC(F)(F)C(F)(F)C(F)(F)F)C(F)(F)F)C(F)(F)F)cc1. The summed E-state index contributed by atoms with van der Waals surface area (Å²) in [5.41, 5.74) is -0.955. The van der Waals surface area contributed by atoms with Crippen molar-refractivity contribution in [3.05, 3.63) is 24.3 Å². The van der Waals surface area contributed by atoms with E-state index in [2.05, 4.69) is 4.74 Å². The van der Waals surface area contributed by atoms with Crippen LogP contribution in [0.3, 0.4) is 0 Å². The monoisotopic (exact) mass is 601 g/mol. The van der Waals surface area contributed by atoms with Crippen LogP contribution >= 0.6 is 0 Å². The van der Waals surface area contributed by atoms with Crippen LogP contribution < -0.4 is 10.1 Å². The number of rotatable bonds is 9. The van der Waals surface area contributed by atoms with Crippen LogP contribution in [0.2, 0.25) is 0 Å². The van der Waals surface area contributed by atoms with E-state index in [0.29, 0.717) is 12.1 Å². The fraction of sp³-hybridized carbons (Fsp3) is 0.562. The van der Waals surface area contributed by atoms with E-state index in [9.17, 15) is 79.4 Å². The first-order valence-corrected chi connectivity index (χ1v) is 8.67. The smallest absolute Gasteiger partial charge is 0.462 e. The molecular formula is C16H8F17NO4. The van der Waals surface area contributed by atoms with Gasteiger partial charge in [-0.15, -0.1) is 0 Å². The summed E-state index contributed by atoms with van der Waals surface area (Å²) in [4.78, 5) is 11.7. The number of ether oxygens (including phenoxy) is 3. The molecule has 0 saturated carbocycles. The fourth-order valence-electron chi connectivity index (χ4n) is 2.05. The first-order valence-electron chi connectivity index (χ1n) is 8.67. The third-order valence-electron chi connectivity index (χ3n) is 4.00. The standard InChI is InChI=1S/C16H8F17NO4/c1-36-7-4-2-6(3-5-7)34-8(35)9(17,12(21,22)23)37-16(32,33)11(20,14(27,28)29)38-15(30,31)10(18,19)13(24,25)26/h2-5H,1H3,(H,34,35)/t9-,11-/m1/s1. The Morgan fingerprint density at radius 3 is 1.42 bits per heavy atom. The van der Waals surface area contributed by atoms with Gasteiger partial charge in [-0.25, -0.2) is 0 Å². The Balaban J connectivity index is 3.59. The molecule has 0 radical (unpaired) electrons. The van der Waals surface area contributed by atoms with Crippen molar-refractivity contribution in [2.75, 3.05) is 12.4 Å². The number of methoxy groups -OCH3 is 1. The molecule has 1 rings (SSSR count). The van der Waals surface area contributed by atoms with Crippen molar-refractivity contribution in [3.8, 4) is 5.75 Å². The summed E-state index contributed by atoms with van der Waals surface area (Å²) in [7, 11) is 1.04. The quantitative estimate of drug-likeness (QED) is 0.329. The molecule has 5 nitrogen and oxygen atoms in total. The topological polar surface area (TPSA) is 56.8 Å². The number of alkyl halides is 17. The molecule has 1 aromatic rings. The summed E-state index contributed by atoms with van der Waals surface area (Å²) < 4.78 is 231. The zero-order valence-corrected chi connectivity index (χ0v) is 17.4. The third kappa shape index (κ3) is 5.94. The van der Waals surface area contributed by atoms with Gasteiger partial charge in [-0.3, -0.25) is 14.3 Å². The lowest BCUT2D eigenvalue weighted by Crippen LogP contribution is -2.68. The highest BCUT2D eigenvalue weighted by molar-refractivity contribution is 5.96. The van der Waals surface area contributed by atoms with E-state index in [-0.39, 0.29) is 5.75 Å². The van der Waals surface area contributed by atoms with Gasteiger partial charge in [0.2, 0.25) is 0 Å². The number of hydrogen-bond acceptors (Lipinski definition) is 4. The molecule has 1 amide bonds. The normalized spacial score (nSPS) is 17.4. The summed E-state index contributed by atoms with van der Waals surface area (Å²) in [5, 5.41) is 0.836. The molecule has 0 aliphatic heterocycles. The first kappa shape index (κ1) is 33.2. The maximum atomic E-state index is 14.4. The van der Waals surface area contributed by atoms with Gasteiger partial charge in [-0.1, -0.05) is 0 Å². The molecule has 0 fully saturated rings. The fourth-order valence-corrected chi connectivity index (χ4v) is 2.05. The second-order valence-corrected chi connectivity index (χ2v) is 6.68. The maximum absolute atomic E-state index is 14.4. The molecule has 0 heterocycles. The molecule has 0 saturated heterocycles. The largest absolute Gasteiger partial charge is 0.497 e. The molecule has 1 aromatic carbocycles. The number of halogens is 17. The summed E-state index contributed by atoms with van der Waals surface area (Å²) in [6, 6.07) is 2.80. The number of anilines is 1. The molecule has 2 atom stereocenters. The van der Waals surface area contributed by atoms with E-state index in [4.69, 9.17) is 0 Å². The Labute approximate surface area is 197 Å². The van der Waals surface area contributed by atoms with Gasteiger partial charge < -0.3 is 10.1 Å². The molecule has 0 bridgehead atoms. The summed E-state index contributed by atoms with van der Waals surface area (Å²) >= 11 is 0. The Morgan fingerprint density at radius 2 is 1.08 bits per heavy atom. The second-order valence-electron chi connectivity index (χ2n) is 6.68. The van der Waals surface area contributed by atoms with E-state index in [1.165, 1.54) is 4.74 Å². The zero-order valence-electron chi connectivity index (χ0n) is 17.4. The molecule has 0 aromatic heterocycles. The van der Waals surface area contributed by atoms with E-state index in [1.54, 1.807) is 0 Å². The summed E-state index contributed by atoms with van der Waals surface area (Å²) in [6.07, 6.45) is -38.6. The Bertz CT molecular complexity index is 988. The minimum absolute atomic E-state index is 0.0887. The minimum Gasteiger partial charge on any atom is -0.497 e. The number of carbonyl (C=O) groups excluding carboxylic acids is 1. The molecule has 220 valence electrons. The van der Waals surface area contributed by atoms with Crippen LogP contribution in [0.1, 0.15) is 0 Å². The lowest BCUT2D eigenvalue weighted by Gasteiger charge is -2.40. The van der Waals surface area contributed by atoms with E-state index in [0.717, 1.165) is 24.6 Å². The highest BCUT2D eigenvalue weighted by atomic mass is 19.4. The van der Waals surface area contributed by atoms with Crippen LogP contribution in [0.4, 0.5) is 80.3 Å². The van der Waals surface area contributed by atoms with Gasteiger partial charge in [-0.2, -0.15) is 74.6 Å². The molecule has 0 spiro atoms. The van der Waals surface area contributed by atoms with Crippen molar-refractivity contribution in [2.24, 2.45) is 0 Å². The molecule has 38 heavy (non-hydrogen) atoms. The average molecular weight is 601 g/mol. The van der Waals surface area contributed by atoms with Gasteiger partial charge in [0, 0.05) is 5.69 Å². The highest BCUT2D eigenvalue weighted by Gasteiger charge is 2.85. The Morgan fingerprint density at radius 1 is 0.632 bits per heavy atom. The van der Waals surface area contributed by atoms with Gasteiger partial charge in [-0.05, 0) is 24.3 Å². The van der Waals surface area contributed by atoms with Gasteiger partial charge in [0.1, 0.15) is 5.75 Å². The number of benzene rings is 1. The molecule has 1 N–H and O–H groups in total. The molecular weight excluding hydrogens is 593 g/mol. The van der Waals surface area contributed by atoms with Crippen LogP contribution in [0, 0.1) is 0 Å². The predicted molar refractivity (Wildman–Crippen MR) is 84.5 cm³/mol. The summed E-state index contributed by atoms with van der Waals surface area (Å²) in [5.74, 6) is -26.4. The van der Waals surface area contributed by atoms with Crippen molar-refractivity contribution in [1.82, 2.24) is 0 Å². The van der Waals surface area contributed by atoms with Crippen LogP contribution in [-0.4, -0.2) is 61.4 Å². The van der Waals surface area contributed by atoms with Crippen molar-refractivity contribution in [3.63, 3.8) is 0 Å². The van der Waals surface area contributed by atoms with Crippen LogP contribution in [0.5, 0.6) is 5.75 Å². The molecule has 0 aliphatic carbocycles. The number of hydrogen-bond donors (Lipinski definition) is 1. The molecule has 0 unspecified atom stereocenters. The van der Waals surface area contributed by atoms with Crippen molar-refractivity contribution in [1.29, 1.82) is 0 Å². The zero-order chi connectivity index (χ0) is 30.4. The lowest BCUT2D eigenvalue weighted by atomic mass is 10.2. The van der Waals surface area contributed by atoms with E-state index in [1.807, 2.05) is 4.74 Å². The van der Waals surface area contributed by atoms with E-state index < -0.39 is 60.0 Å². The third-order valence-corrected chi connectivity index (χ3v) is 4.00. The first-order chi connectivity index (χ1) is 16.6. The molecule has 22 heteroatoms. The van der Waals surface area contributed by atoms with E-state index >= 15 is 0 Å². The second kappa shape index (κ2) is 9.75. The highest BCUT2D eigenvalue weighted by Crippen LogP contribution is 2.56. The van der Waals surface area contributed by atoms with Gasteiger partial charge in [0.15, 0.2) is 0 Å². The van der Waals surface area contributed by atoms with Crippen LogP contribution in [0.25, 0.3) is 0 Å². The number of amides is 1. The Hall–Kier alpha value is -2.78. The van der Waals surface area contributed by atoms with Gasteiger partial charge in [0.05, 0.1) is 7.11 Å². The van der Waals surface area contributed by atoms with Crippen LogP contribution in [-0.2, 0) is 14.3 Å². The van der Waals surface area contributed by atoms with Gasteiger partial charge in [0.25, 0.3) is 5.91 Å². The summed E-state index contributed by atoms with van der Waals surface area (Å²) in [6.45, 7) is 0. The van der Waals surface area contributed by atoms with Crippen molar-refractivity contribution < 1.29 is 93.6 Å². The van der Waals surface area contributed by atoms with Crippen molar-refractivity contribution >= 4 is 11.6 Å². The molecule has 0 aliphatic rings. The Kier molecular flexibility index (Phi) is 8.54.